The van der Waals surface area contributed by atoms with Crippen molar-refractivity contribution >= 4 is 29.2 Å². The van der Waals surface area contributed by atoms with Gasteiger partial charge in [-0.15, -0.1) is 0 Å². The van der Waals surface area contributed by atoms with Gasteiger partial charge in [0.15, 0.2) is 0 Å². The van der Waals surface area contributed by atoms with Gasteiger partial charge in [0.1, 0.15) is 10.8 Å². The van der Waals surface area contributed by atoms with Gasteiger partial charge in [-0.2, -0.15) is 0 Å². The molecular formula is C28H35ClN2O4. The van der Waals surface area contributed by atoms with E-state index in [2.05, 4.69) is 35.9 Å². The maximum Gasteiger partial charge on any atom is 0.408 e. The highest BCUT2D eigenvalue weighted by atomic mass is 35.5. The fourth-order valence-corrected chi connectivity index (χ4v) is 5.18. The van der Waals surface area contributed by atoms with Crippen LogP contribution in [0.4, 0.5) is 4.79 Å². The van der Waals surface area contributed by atoms with Crippen LogP contribution in [0.1, 0.15) is 86.6 Å². The molecule has 1 aromatic heterocycles. The number of nitrogens with zero attached hydrogens (tertiary/aromatic N) is 1. The number of carbonyl (C=O) groups is 2. The first-order chi connectivity index (χ1) is 16.5. The molecule has 35 heavy (non-hydrogen) atoms. The molecule has 0 spiro atoms. The van der Waals surface area contributed by atoms with E-state index in [0.29, 0.717) is 23.3 Å². The topological polar surface area (TPSA) is 77.5 Å². The van der Waals surface area contributed by atoms with Gasteiger partial charge in [0.2, 0.25) is 0 Å². The van der Waals surface area contributed by atoms with Gasteiger partial charge in [-0.1, -0.05) is 55.8 Å². The minimum Gasteiger partial charge on any atom is -0.465 e. The van der Waals surface area contributed by atoms with Crippen LogP contribution in [0.15, 0.2) is 43.0 Å². The number of benzene rings is 1. The predicted octanol–water partition coefficient (Wildman–Crippen LogP) is 6.92. The van der Waals surface area contributed by atoms with E-state index >= 15 is 0 Å². The lowest BCUT2D eigenvalue weighted by atomic mass is 9.72. The van der Waals surface area contributed by atoms with Crippen LogP contribution in [0.3, 0.4) is 0 Å². The van der Waals surface area contributed by atoms with Crippen molar-refractivity contribution in [2.75, 3.05) is 7.11 Å². The molecule has 2 atom stereocenters. The van der Waals surface area contributed by atoms with Crippen molar-refractivity contribution in [3.8, 4) is 0 Å². The molecule has 0 radical (unpaired) electrons. The van der Waals surface area contributed by atoms with Gasteiger partial charge in [0.25, 0.3) is 0 Å². The van der Waals surface area contributed by atoms with E-state index in [1.54, 1.807) is 12.1 Å². The Kier molecular flexibility index (Phi) is 8.26. The van der Waals surface area contributed by atoms with Gasteiger partial charge in [-0.25, -0.2) is 14.6 Å². The Labute approximate surface area is 213 Å². The van der Waals surface area contributed by atoms with Crippen molar-refractivity contribution in [2.45, 2.75) is 71.4 Å². The average Bonchev–Trinajstić information content (AvgIpc) is 3.09. The maximum atomic E-state index is 12.8. The minimum absolute atomic E-state index is 0.200. The lowest BCUT2D eigenvalue weighted by Crippen LogP contribution is -2.41. The summed E-state index contributed by atoms with van der Waals surface area (Å²) in [5.74, 6) is -0.480. The van der Waals surface area contributed by atoms with Gasteiger partial charge in [-0.05, 0) is 80.7 Å². The second-order valence-corrected chi connectivity index (χ2v) is 10.6. The molecule has 1 amide bonds. The number of nitrogens with one attached hydrogen (secondary N) is 1. The summed E-state index contributed by atoms with van der Waals surface area (Å²) in [7, 11) is 1.34. The molecule has 1 aliphatic rings. The number of ether oxygens (including phenoxy) is 2. The summed E-state index contributed by atoms with van der Waals surface area (Å²) >= 11 is 6.14. The first-order valence-electron chi connectivity index (χ1n) is 12.0. The number of esters is 1. The molecule has 1 aromatic carbocycles. The fraction of sp³-hybridized carbons (Fsp3) is 0.464. The first kappa shape index (κ1) is 26.7. The van der Waals surface area contributed by atoms with E-state index in [1.807, 2.05) is 32.9 Å². The molecule has 1 N–H and O–H groups in total. The smallest absolute Gasteiger partial charge is 0.408 e. The number of fused-ring (bicyclic) bond motifs is 1. The Hall–Kier alpha value is -2.86. The fourth-order valence-electron chi connectivity index (χ4n) is 5.03. The number of halogens is 1. The average molecular weight is 499 g/mol. The van der Waals surface area contributed by atoms with Crippen molar-refractivity contribution in [1.29, 1.82) is 0 Å². The lowest BCUT2D eigenvalue weighted by Gasteiger charge is -2.37. The highest BCUT2D eigenvalue weighted by Gasteiger charge is 2.46. The van der Waals surface area contributed by atoms with E-state index < -0.39 is 17.7 Å². The van der Waals surface area contributed by atoms with Gasteiger partial charge >= 0.3 is 12.1 Å². The molecule has 0 bridgehead atoms. The van der Waals surface area contributed by atoms with E-state index in [9.17, 15) is 9.59 Å². The number of pyridine rings is 1. The lowest BCUT2D eigenvalue weighted by molar-refractivity contribution is 0.0434. The van der Waals surface area contributed by atoms with Crippen LogP contribution >= 0.6 is 11.6 Å². The molecule has 7 heteroatoms. The normalized spacial score (nSPS) is 19.1. The van der Waals surface area contributed by atoms with Gasteiger partial charge < -0.3 is 14.8 Å². The molecule has 1 heterocycles. The van der Waals surface area contributed by atoms with Crippen molar-refractivity contribution in [1.82, 2.24) is 10.3 Å². The number of carbonyl (C=O) groups excluding carboxylic acids is 2. The van der Waals surface area contributed by atoms with Crippen LogP contribution < -0.4 is 5.32 Å². The van der Waals surface area contributed by atoms with Crippen molar-refractivity contribution in [3.05, 3.63) is 70.5 Å². The monoisotopic (exact) mass is 498 g/mol. The van der Waals surface area contributed by atoms with Crippen molar-refractivity contribution < 1.29 is 19.1 Å². The molecule has 1 unspecified atom stereocenters. The Morgan fingerprint density at radius 3 is 2.57 bits per heavy atom. The van der Waals surface area contributed by atoms with E-state index in [1.165, 1.54) is 12.7 Å². The van der Waals surface area contributed by atoms with E-state index in [4.69, 9.17) is 21.1 Å². The second kappa shape index (κ2) is 10.8. The minimum atomic E-state index is -0.591. The summed E-state index contributed by atoms with van der Waals surface area (Å²) in [6.07, 6.45) is 3.58. The van der Waals surface area contributed by atoms with Crippen molar-refractivity contribution in [3.63, 3.8) is 0 Å². The van der Waals surface area contributed by atoms with E-state index in [-0.39, 0.29) is 16.6 Å². The molecule has 0 saturated carbocycles. The summed E-state index contributed by atoms with van der Waals surface area (Å²) in [5, 5.41) is 3.46. The Morgan fingerprint density at radius 2 is 1.91 bits per heavy atom. The third kappa shape index (κ3) is 6.23. The summed E-state index contributed by atoms with van der Waals surface area (Å²) < 4.78 is 10.5. The van der Waals surface area contributed by atoms with Crippen LogP contribution in [0.5, 0.6) is 0 Å². The SMILES string of the molecule is C=C(CCC1(CCC)Cc2ccccc2[C@H]1NC(=O)OC(C)(C)C)c1nc(Cl)ccc1C(=O)OC. The highest BCUT2D eigenvalue weighted by molar-refractivity contribution is 6.29. The van der Waals surface area contributed by atoms with Crippen LogP contribution in [-0.4, -0.2) is 29.8 Å². The zero-order valence-electron chi connectivity index (χ0n) is 21.2. The third-order valence-electron chi connectivity index (χ3n) is 6.46. The number of alkyl carbamates (subject to hydrolysis) is 1. The van der Waals surface area contributed by atoms with Gasteiger partial charge in [0.05, 0.1) is 24.4 Å². The van der Waals surface area contributed by atoms with Gasteiger partial charge in [-0.3, -0.25) is 0 Å². The zero-order chi connectivity index (χ0) is 25.8. The molecule has 0 aliphatic heterocycles. The number of methoxy groups -OCH3 is 1. The Bertz CT molecular complexity index is 1110. The molecule has 0 saturated heterocycles. The quantitative estimate of drug-likeness (QED) is 0.315. The van der Waals surface area contributed by atoms with Crippen LogP contribution in [0.2, 0.25) is 5.15 Å². The number of aromatic nitrogens is 1. The van der Waals surface area contributed by atoms with Crippen LogP contribution in [0, 0.1) is 5.41 Å². The molecule has 3 rings (SSSR count). The molecule has 0 fully saturated rings. The third-order valence-corrected chi connectivity index (χ3v) is 6.67. The van der Waals surface area contributed by atoms with Crippen LogP contribution in [0.25, 0.3) is 5.57 Å². The summed E-state index contributed by atoms with van der Waals surface area (Å²) in [5.41, 5.74) is 3.01. The Balaban J connectivity index is 1.91. The number of amides is 1. The number of hydrogen-bond acceptors (Lipinski definition) is 5. The highest BCUT2D eigenvalue weighted by Crippen LogP contribution is 2.52. The number of hydrogen-bond donors (Lipinski definition) is 1. The van der Waals surface area contributed by atoms with E-state index in [0.717, 1.165) is 31.2 Å². The molecule has 1 aliphatic carbocycles. The Morgan fingerprint density at radius 1 is 1.20 bits per heavy atom. The summed E-state index contributed by atoms with van der Waals surface area (Å²) in [6, 6.07) is 11.2. The molecule has 188 valence electrons. The molecule has 2 aromatic rings. The summed E-state index contributed by atoms with van der Waals surface area (Å²) in [6.45, 7) is 12.0. The first-order valence-corrected chi connectivity index (χ1v) is 12.4. The van der Waals surface area contributed by atoms with Gasteiger partial charge in [0, 0.05) is 0 Å². The maximum absolute atomic E-state index is 12.8. The molecule has 6 nitrogen and oxygen atoms in total. The number of rotatable bonds is 8. The van der Waals surface area contributed by atoms with Crippen LogP contribution in [-0.2, 0) is 15.9 Å². The number of allylic oxidation sites excluding steroid dienone is 1. The zero-order valence-corrected chi connectivity index (χ0v) is 22.0. The standard InChI is InChI=1S/C28H35ClN2O4/c1-7-15-28(16-14-18(2)23-21(25(32)34-6)12-13-22(29)30-23)17-19-10-8-9-11-20(19)24(28)31-26(33)35-27(3,4)5/h8-13,24H,2,7,14-17H2,1,3-6H3,(H,31,33)/t24-,28?/m1/s1. The molecular weight excluding hydrogens is 464 g/mol. The summed E-state index contributed by atoms with van der Waals surface area (Å²) in [4.78, 5) is 29.5. The predicted molar refractivity (Wildman–Crippen MR) is 138 cm³/mol. The largest absolute Gasteiger partial charge is 0.465 e. The van der Waals surface area contributed by atoms with Crippen molar-refractivity contribution in [2.24, 2.45) is 5.41 Å². The second-order valence-electron chi connectivity index (χ2n) is 10.2.